The number of fused-ring (bicyclic) bond motifs is 2. The number of hydrogen-bond donors (Lipinski definition) is 1. The van der Waals surface area contributed by atoms with Crippen LogP contribution in [0.3, 0.4) is 0 Å². The third kappa shape index (κ3) is 4.74. The van der Waals surface area contributed by atoms with Crippen molar-refractivity contribution in [1.29, 1.82) is 0 Å². The summed E-state index contributed by atoms with van der Waals surface area (Å²) in [6, 6.07) is 9.43. The maximum Gasteiger partial charge on any atom is 0.245 e. The zero-order valence-corrected chi connectivity index (χ0v) is 24.3. The molecule has 2 amide bonds. The lowest BCUT2D eigenvalue weighted by atomic mass is 10.0. The van der Waals surface area contributed by atoms with Crippen LogP contribution in [0.15, 0.2) is 48.8 Å². The molecule has 3 heterocycles. The summed E-state index contributed by atoms with van der Waals surface area (Å²) in [5, 5.41) is 8.10. The van der Waals surface area contributed by atoms with Crippen LogP contribution in [-0.4, -0.2) is 54.3 Å². The first-order valence-electron chi connectivity index (χ1n) is 14.1. The number of benzene rings is 2. The van der Waals surface area contributed by atoms with E-state index in [1.54, 1.807) is 54.0 Å². The van der Waals surface area contributed by atoms with E-state index in [4.69, 9.17) is 0 Å². The first kappa shape index (κ1) is 27.7. The number of carbonyl (C=O) groups excluding carboxylic acids is 3. The highest BCUT2D eigenvalue weighted by Crippen LogP contribution is 2.59. The summed E-state index contributed by atoms with van der Waals surface area (Å²) in [6.07, 6.45) is 4.82. The number of ketones is 1. The summed E-state index contributed by atoms with van der Waals surface area (Å²) in [5.74, 6) is -0.442. The normalized spacial score (nSPS) is 21.7. The molecule has 4 aromatic rings. The second-order valence-corrected chi connectivity index (χ2v) is 11.9. The number of piperidine rings is 1. The Kier molecular flexibility index (Phi) is 6.67. The van der Waals surface area contributed by atoms with Gasteiger partial charge >= 0.3 is 0 Å². The molecule has 0 radical (unpaired) electrons. The number of Topliss-reactive ketones (excluding diaryl/α,β-unsaturated/α-hetero) is 1. The quantitative estimate of drug-likeness (QED) is 0.324. The molecule has 216 valence electrons. The Hall–Kier alpha value is -4.47. The molecule has 10 heteroatoms. The molecule has 1 N–H and O–H groups in total. The van der Waals surface area contributed by atoms with Crippen molar-refractivity contribution >= 4 is 28.5 Å². The molecule has 2 aromatic heterocycles. The predicted molar refractivity (Wildman–Crippen MR) is 155 cm³/mol. The van der Waals surface area contributed by atoms with Crippen molar-refractivity contribution < 1.29 is 18.8 Å². The van der Waals surface area contributed by atoms with E-state index >= 15 is 0 Å². The maximum absolute atomic E-state index is 14.7. The second kappa shape index (κ2) is 10.1. The average Bonchev–Trinajstić information content (AvgIpc) is 3.32. The fourth-order valence-electron chi connectivity index (χ4n) is 6.24. The van der Waals surface area contributed by atoms with E-state index in [1.807, 2.05) is 25.1 Å². The summed E-state index contributed by atoms with van der Waals surface area (Å²) in [7, 11) is 0. The van der Waals surface area contributed by atoms with Crippen LogP contribution in [0, 0.1) is 25.1 Å². The number of nitrogens with zero attached hydrogens (tertiary/aromatic N) is 5. The lowest BCUT2D eigenvalue weighted by Gasteiger charge is -2.28. The molecule has 6 rings (SSSR count). The third-order valence-corrected chi connectivity index (χ3v) is 8.76. The number of amides is 2. The van der Waals surface area contributed by atoms with Crippen LogP contribution in [0.2, 0.25) is 0 Å². The van der Waals surface area contributed by atoms with Gasteiger partial charge in [-0.1, -0.05) is 31.2 Å². The molecular formula is C32H33FN6O3. The van der Waals surface area contributed by atoms with Gasteiger partial charge in [0.2, 0.25) is 11.8 Å². The molecule has 0 spiro atoms. The van der Waals surface area contributed by atoms with Gasteiger partial charge in [0.1, 0.15) is 29.9 Å². The molecule has 2 aliphatic rings. The highest BCUT2D eigenvalue weighted by Gasteiger charge is 2.64. The highest BCUT2D eigenvalue weighted by molar-refractivity contribution is 6.06. The molecule has 1 saturated heterocycles. The number of aryl methyl sites for hydroxylation is 2. The number of aromatic nitrogens is 4. The number of rotatable bonds is 7. The van der Waals surface area contributed by atoms with Gasteiger partial charge < -0.3 is 10.2 Å². The minimum absolute atomic E-state index is 0.0472. The zero-order valence-electron chi connectivity index (χ0n) is 24.3. The summed E-state index contributed by atoms with van der Waals surface area (Å²) >= 11 is 0. The first-order chi connectivity index (χ1) is 20.0. The van der Waals surface area contributed by atoms with Gasteiger partial charge in [-0.05, 0) is 62.3 Å². The molecule has 2 fully saturated rings. The van der Waals surface area contributed by atoms with Gasteiger partial charge in [-0.25, -0.2) is 14.4 Å². The second-order valence-electron chi connectivity index (χ2n) is 11.9. The molecule has 2 aromatic carbocycles. The molecule has 4 atom stereocenters. The number of likely N-dealkylation sites (tertiary alicyclic amines) is 1. The van der Waals surface area contributed by atoms with Crippen molar-refractivity contribution in [2.45, 2.75) is 72.1 Å². The van der Waals surface area contributed by atoms with E-state index in [1.165, 1.54) is 6.92 Å². The Morgan fingerprint density at radius 3 is 2.55 bits per heavy atom. The van der Waals surface area contributed by atoms with E-state index in [0.29, 0.717) is 34.3 Å². The van der Waals surface area contributed by atoms with E-state index in [0.717, 1.165) is 17.5 Å². The number of nitrogens with one attached hydrogen (secondary N) is 1. The van der Waals surface area contributed by atoms with Crippen molar-refractivity contribution in [3.05, 3.63) is 77.3 Å². The Morgan fingerprint density at radius 1 is 1.10 bits per heavy atom. The molecule has 9 nitrogen and oxygen atoms in total. The third-order valence-electron chi connectivity index (χ3n) is 8.76. The molecule has 1 aliphatic carbocycles. The number of hydrogen-bond acceptors (Lipinski definition) is 6. The van der Waals surface area contributed by atoms with E-state index in [9.17, 15) is 18.8 Å². The SMILES string of the molecule is CC(=O)c1nn(CC(=O)N2[C@H](C(=O)N[C@H](C)c3cccc(C)c3F)C[C@@]3(C)C[C@@H]23)c2ccc(-c3cnc(C)nc3)cc12. The average molecular weight is 569 g/mol. The van der Waals surface area contributed by atoms with Crippen molar-refractivity contribution in [3.8, 4) is 11.1 Å². The Labute approximate surface area is 243 Å². The lowest BCUT2D eigenvalue weighted by molar-refractivity contribution is -0.140. The Balaban J connectivity index is 1.26. The van der Waals surface area contributed by atoms with Gasteiger partial charge in [-0.15, -0.1) is 0 Å². The summed E-state index contributed by atoms with van der Waals surface area (Å²) in [5.41, 5.74) is 3.35. The molecule has 0 bridgehead atoms. The van der Waals surface area contributed by atoms with Crippen LogP contribution in [0.5, 0.6) is 0 Å². The van der Waals surface area contributed by atoms with Crippen LogP contribution >= 0.6 is 0 Å². The van der Waals surface area contributed by atoms with Crippen molar-refractivity contribution in [2.75, 3.05) is 0 Å². The van der Waals surface area contributed by atoms with Crippen LogP contribution in [0.1, 0.15) is 67.1 Å². The largest absolute Gasteiger partial charge is 0.348 e. The molecular weight excluding hydrogens is 535 g/mol. The van der Waals surface area contributed by atoms with Crippen LogP contribution in [-0.2, 0) is 16.1 Å². The summed E-state index contributed by atoms with van der Waals surface area (Å²) < 4.78 is 16.3. The smallest absolute Gasteiger partial charge is 0.245 e. The van der Waals surface area contributed by atoms with Gasteiger partial charge in [0.15, 0.2) is 5.78 Å². The van der Waals surface area contributed by atoms with Gasteiger partial charge in [0, 0.05) is 41.9 Å². The van der Waals surface area contributed by atoms with Gasteiger partial charge in [0.05, 0.1) is 11.6 Å². The van der Waals surface area contributed by atoms with Gasteiger partial charge in [-0.3, -0.25) is 19.1 Å². The standard InChI is InChI=1S/C32H33FN6O3/c1-17-7-6-8-23(29(17)33)18(2)36-31(42)26-12-32(5)13-27(32)39(26)28(41)16-38-25-10-9-21(22-14-34-20(4)35-15-22)11-24(25)30(37-38)19(3)40/h6-11,14-15,18,26-27H,12-13,16H2,1-5H3,(H,36,42)/t18-,26+,27-,32+/m1/s1. The van der Waals surface area contributed by atoms with Crippen molar-refractivity contribution in [3.63, 3.8) is 0 Å². The zero-order chi connectivity index (χ0) is 29.9. The fraction of sp³-hybridized carbons (Fsp3) is 0.375. The Bertz CT molecular complexity index is 1750. The summed E-state index contributed by atoms with van der Waals surface area (Å²) in [6.45, 7) is 8.66. The molecule has 42 heavy (non-hydrogen) atoms. The van der Waals surface area contributed by atoms with Gasteiger partial charge in [-0.2, -0.15) is 5.10 Å². The van der Waals surface area contributed by atoms with Crippen molar-refractivity contribution in [2.24, 2.45) is 5.41 Å². The van der Waals surface area contributed by atoms with Crippen LogP contribution < -0.4 is 5.32 Å². The fourth-order valence-corrected chi connectivity index (χ4v) is 6.24. The molecule has 1 saturated carbocycles. The number of halogens is 1. The van der Waals surface area contributed by atoms with E-state index < -0.39 is 12.1 Å². The maximum atomic E-state index is 14.7. The topological polar surface area (TPSA) is 110 Å². The lowest BCUT2D eigenvalue weighted by Crippen LogP contribution is -2.49. The van der Waals surface area contributed by atoms with Crippen LogP contribution in [0.4, 0.5) is 4.39 Å². The minimum atomic E-state index is -0.668. The Morgan fingerprint density at radius 2 is 1.83 bits per heavy atom. The van der Waals surface area contributed by atoms with Crippen molar-refractivity contribution in [1.82, 2.24) is 30.0 Å². The predicted octanol–water partition coefficient (Wildman–Crippen LogP) is 4.71. The van der Waals surface area contributed by atoms with Crippen LogP contribution in [0.25, 0.3) is 22.0 Å². The highest BCUT2D eigenvalue weighted by atomic mass is 19.1. The minimum Gasteiger partial charge on any atom is -0.348 e. The molecule has 0 unspecified atom stereocenters. The molecule has 1 aliphatic heterocycles. The van der Waals surface area contributed by atoms with E-state index in [-0.39, 0.29) is 47.1 Å². The van der Waals surface area contributed by atoms with Gasteiger partial charge in [0.25, 0.3) is 0 Å². The first-order valence-corrected chi connectivity index (χ1v) is 14.1. The number of carbonyl (C=O) groups is 3. The monoisotopic (exact) mass is 568 g/mol. The van der Waals surface area contributed by atoms with E-state index in [2.05, 4.69) is 27.3 Å². The summed E-state index contributed by atoms with van der Waals surface area (Å²) in [4.78, 5) is 50.1.